The number of aromatic hydroxyl groups is 1. The molecule has 2 rings (SSSR count). The maximum absolute atomic E-state index is 9.42. The van der Waals surface area contributed by atoms with Gasteiger partial charge in [-0.15, -0.1) is 5.11 Å². The van der Waals surface area contributed by atoms with Crippen LogP contribution in [0.2, 0.25) is 10.0 Å². The van der Waals surface area contributed by atoms with Gasteiger partial charge in [-0.05, 0) is 40.2 Å². The molecule has 0 aliphatic carbocycles. The van der Waals surface area contributed by atoms with Gasteiger partial charge in [-0.1, -0.05) is 35.3 Å². The lowest BCUT2D eigenvalue weighted by Gasteiger charge is -2.01. The molecule has 92 valence electrons. The van der Waals surface area contributed by atoms with Gasteiger partial charge in [0.1, 0.15) is 0 Å². The Morgan fingerprint density at radius 2 is 1.61 bits per heavy atom. The maximum atomic E-state index is 9.42. The summed E-state index contributed by atoms with van der Waals surface area (Å²) in [6, 6.07) is 10.4. The smallest absolute Gasteiger partial charge is 0.152 e. The van der Waals surface area contributed by atoms with Crippen molar-refractivity contribution in [3.8, 4) is 5.75 Å². The second-order valence-electron chi connectivity index (χ2n) is 3.41. The van der Waals surface area contributed by atoms with E-state index >= 15 is 0 Å². The Kier molecular flexibility index (Phi) is 4.22. The van der Waals surface area contributed by atoms with Crippen molar-refractivity contribution in [2.24, 2.45) is 10.2 Å². The van der Waals surface area contributed by atoms with E-state index in [2.05, 4.69) is 26.2 Å². The quantitative estimate of drug-likeness (QED) is 0.679. The van der Waals surface area contributed by atoms with E-state index in [9.17, 15) is 5.11 Å². The number of phenols is 1. The van der Waals surface area contributed by atoms with Crippen LogP contribution in [0.15, 0.2) is 51.1 Å². The molecule has 0 aromatic heterocycles. The molecule has 0 atom stereocenters. The van der Waals surface area contributed by atoms with Gasteiger partial charge in [0, 0.05) is 4.47 Å². The van der Waals surface area contributed by atoms with Crippen molar-refractivity contribution in [1.82, 2.24) is 0 Å². The average molecular weight is 346 g/mol. The van der Waals surface area contributed by atoms with Crippen molar-refractivity contribution >= 4 is 50.5 Å². The molecule has 0 saturated carbocycles. The van der Waals surface area contributed by atoms with E-state index in [4.69, 9.17) is 23.2 Å². The van der Waals surface area contributed by atoms with Gasteiger partial charge in [-0.25, -0.2) is 0 Å². The van der Waals surface area contributed by atoms with Crippen molar-refractivity contribution in [1.29, 1.82) is 0 Å². The molecule has 0 amide bonds. The summed E-state index contributed by atoms with van der Waals surface area (Å²) in [4.78, 5) is 0. The Bertz CT molecular complexity index is 594. The van der Waals surface area contributed by atoms with Gasteiger partial charge >= 0.3 is 0 Å². The van der Waals surface area contributed by atoms with Crippen molar-refractivity contribution < 1.29 is 5.11 Å². The first-order valence-electron chi connectivity index (χ1n) is 4.92. The fourth-order valence-corrected chi connectivity index (χ4v) is 2.09. The van der Waals surface area contributed by atoms with Crippen LogP contribution < -0.4 is 0 Å². The van der Waals surface area contributed by atoms with E-state index in [1.807, 2.05) is 24.3 Å². The largest absolute Gasteiger partial charge is 0.505 e. The molecule has 0 aliphatic heterocycles. The molecule has 0 spiro atoms. The number of benzene rings is 2. The Morgan fingerprint density at radius 1 is 1.00 bits per heavy atom. The molecule has 0 radical (unpaired) electrons. The third kappa shape index (κ3) is 3.02. The first-order valence-corrected chi connectivity index (χ1v) is 6.47. The Morgan fingerprint density at radius 3 is 2.22 bits per heavy atom. The van der Waals surface area contributed by atoms with E-state index in [-0.39, 0.29) is 15.8 Å². The summed E-state index contributed by atoms with van der Waals surface area (Å²) in [6.45, 7) is 0. The van der Waals surface area contributed by atoms with Gasteiger partial charge in [0.15, 0.2) is 5.75 Å². The van der Waals surface area contributed by atoms with Crippen molar-refractivity contribution in [3.05, 3.63) is 50.9 Å². The summed E-state index contributed by atoms with van der Waals surface area (Å²) >= 11 is 14.9. The van der Waals surface area contributed by atoms with E-state index in [1.165, 1.54) is 12.1 Å². The zero-order valence-corrected chi connectivity index (χ0v) is 12.0. The second kappa shape index (κ2) is 5.69. The zero-order chi connectivity index (χ0) is 13.1. The number of hydrogen-bond acceptors (Lipinski definition) is 3. The molecule has 2 aromatic carbocycles. The van der Waals surface area contributed by atoms with Crippen molar-refractivity contribution in [2.45, 2.75) is 0 Å². The van der Waals surface area contributed by atoms with Gasteiger partial charge in [0.05, 0.1) is 21.4 Å². The minimum absolute atomic E-state index is 0.142. The van der Waals surface area contributed by atoms with Gasteiger partial charge in [-0.3, -0.25) is 0 Å². The lowest BCUT2D eigenvalue weighted by molar-refractivity contribution is 0.476. The highest BCUT2D eigenvalue weighted by atomic mass is 79.9. The van der Waals surface area contributed by atoms with Gasteiger partial charge in [-0.2, -0.15) is 5.11 Å². The number of hydrogen-bond donors (Lipinski definition) is 1. The normalized spacial score (nSPS) is 11.1. The third-order valence-corrected chi connectivity index (χ3v) is 3.37. The molecule has 0 aliphatic rings. The molecule has 0 saturated heterocycles. The molecule has 2 aromatic rings. The highest BCUT2D eigenvalue weighted by molar-refractivity contribution is 9.10. The monoisotopic (exact) mass is 344 g/mol. The van der Waals surface area contributed by atoms with Gasteiger partial charge in [0.2, 0.25) is 0 Å². The fraction of sp³-hybridized carbons (Fsp3) is 0. The lowest BCUT2D eigenvalue weighted by atomic mass is 10.3. The molecule has 0 fully saturated rings. The van der Waals surface area contributed by atoms with E-state index in [1.54, 1.807) is 0 Å². The number of rotatable bonds is 2. The van der Waals surface area contributed by atoms with Crippen molar-refractivity contribution in [3.63, 3.8) is 0 Å². The Hall–Kier alpha value is -1.10. The fourth-order valence-electron chi connectivity index (χ4n) is 1.25. The molecule has 18 heavy (non-hydrogen) atoms. The maximum Gasteiger partial charge on any atom is 0.152 e. The first kappa shape index (κ1) is 13.3. The summed E-state index contributed by atoms with van der Waals surface area (Å²) in [5, 5.41) is 17.8. The molecule has 3 nitrogen and oxygen atoms in total. The first-order chi connectivity index (χ1) is 8.58. The molecule has 0 unspecified atom stereocenters. The predicted molar refractivity (Wildman–Crippen MR) is 76.4 cm³/mol. The minimum atomic E-state index is -0.154. The lowest BCUT2D eigenvalue weighted by Crippen LogP contribution is -1.72. The highest BCUT2D eigenvalue weighted by Gasteiger charge is 2.06. The summed E-state index contributed by atoms with van der Waals surface area (Å²) in [5.74, 6) is -0.154. The molecule has 0 bridgehead atoms. The highest BCUT2D eigenvalue weighted by Crippen LogP contribution is 2.36. The van der Waals surface area contributed by atoms with Crippen LogP contribution in [0, 0.1) is 0 Å². The number of halogens is 3. The van der Waals surface area contributed by atoms with Gasteiger partial charge in [0.25, 0.3) is 0 Å². The summed E-state index contributed by atoms with van der Waals surface area (Å²) in [6.07, 6.45) is 0. The summed E-state index contributed by atoms with van der Waals surface area (Å²) < 4.78 is 0.838. The number of nitrogens with zero attached hydrogens (tertiary/aromatic N) is 2. The van der Waals surface area contributed by atoms with Crippen LogP contribution in [0.25, 0.3) is 0 Å². The summed E-state index contributed by atoms with van der Waals surface area (Å²) in [7, 11) is 0. The Labute approximate surface area is 122 Å². The van der Waals surface area contributed by atoms with Crippen LogP contribution in [-0.2, 0) is 0 Å². The summed E-state index contributed by atoms with van der Waals surface area (Å²) in [5.41, 5.74) is 1.16. The van der Waals surface area contributed by atoms with Crippen LogP contribution in [0.3, 0.4) is 0 Å². The number of azo groups is 1. The standard InChI is InChI=1S/C12H7BrCl2N2O/c13-8-3-1-2-4-11(8)17-16-7-5-9(14)12(18)10(15)6-7/h1-6,18H. The number of phenolic OH excluding ortho intramolecular Hbond substituents is 1. The van der Waals surface area contributed by atoms with E-state index in [0.29, 0.717) is 11.4 Å². The molecule has 1 N–H and O–H groups in total. The molecule has 0 heterocycles. The Balaban J connectivity index is 2.33. The van der Waals surface area contributed by atoms with Crippen LogP contribution >= 0.6 is 39.1 Å². The second-order valence-corrected chi connectivity index (χ2v) is 5.08. The molecular weight excluding hydrogens is 339 g/mol. The minimum Gasteiger partial charge on any atom is -0.505 e. The van der Waals surface area contributed by atoms with Crippen molar-refractivity contribution in [2.75, 3.05) is 0 Å². The average Bonchev–Trinajstić information content (AvgIpc) is 2.35. The van der Waals surface area contributed by atoms with E-state index < -0.39 is 0 Å². The van der Waals surface area contributed by atoms with Crippen LogP contribution in [0.4, 0.5) is 11.4 Å². The zero-order valence-electron chi connectivity index (χ0n) is 8.94. The third-order valence-electron chi connectivity index (χ3n) is 2.13. The van der Waals surface area contributed by atoms with Crippen LogP contribution in [0.5, 0.6) is 5.75 Å². The van der Waals surface area contributed by atoms with Crippen LogP contribution in [0.1, 0.15) is 0 Å². The van der Waals surface area contributed by atoms with Crippen LogP contribution in [-0.4, -0.2) is 5.11 Å². The molecular formula is C12H7BrCl2N2O. The topological polar surface area (TPSA) is 45.0 Å². The predicted octanol–water partition coefficient (Wildman–Crippen LogP) is 5.88. The molecule has 6 heteroatoms. The van der Waals surface area contributed by atoms with Gasteiger partial charge < -0.3 is 5.11 Å². The van der Waals surface area contributed by atoms with E-state index in [0.717, 1.165) is 4.47 Å². The SMILES string of the molecule is Oc1c(Cl)cc(N=Nc2ccccc2Br)cc1Cl.